The number of carbonyl (C=O) groups is 1. The van der Waals surface area contributed by atoms with E-state index in [1.54, 1.807) is 24.3 Å². The number of hydrogen-bond acceptors (Lipinski definition) is 5. The first-order valence-electron chi connectivity index (χ1n) is 8.69. The van der Waals surface area contributed by atoms with Crippen molar-refractivity contribution < 1.29 is 9.72 Å². The van der Waals surface area contributed by atoms with Gasteiger partial charge in [0.15, 0.2) is 0 Å². The number of unbranched alkanes of at least 4 members (excludes halogenated alkanes) is 2. The second-order valence-corrected chi connectivity index (χ2v) is 5.85. The van der Waals surface area contributed by atoms with Gasteiger partial charge in [-0.1, -0.05) is 44.9 Å². The van der Waals surface area contributed by atoms with E-state index < -0.39 is 10.8 Å². The Kier molecular flexibility index (Phi) is 6.68. The van der Waals surface area contributed by atoms with Crippen molar-refractivity contribution in [3.63, 3.8) is 0 Å². The lowest BCUT2D eigenvalue weighted by atomic mass is 10.1. The summed E-state index contributed by atoms with van der Waals surface area (Å²) in [7, 11) is 0. The predicted octanol–water partition coefficient (Wildman–Crippen LogP) is 3.88. The number of anilines is 1. The monoisotopic (exact) mass is 344 g/mol. The Hall–Kier alpha value is -2.70. The lowest BCUT2D eigenvalue weighted by molar-refractivity contribution is -0.384. The average Bonchev–Trinajstić information content (AvgIpc) is 2.60. The molecule has 2 aromatic rings. The molecule has 0 unspecified atom stereocenters. The van der Waals surface area contributed by atoms with Crippen molar-refractivity contribution in [3.8, 4) is 0 Å². The molecule has 0 radical (unpaired) electrons. The minimum Gasteiger partial charge on any atom is -0.364 e. The van der Waals surface area contributed by atoms with Crippen LogP contribution in [0.3, 0.4) is 0 Å². The zero-order valence-corrected chi connectivity index (χ0v) is 14.7. The number of benzene rings is 1. The van der Waals surface area contributed by atoms with Gasteiger partial charge in [0.1, 0.15) is 5.56 Å². The Morgan fingerprint density at radius 1 is 1.16 bits per heavy atom. The maximum absolute atomic E-state index is 12.7. The number of amides is 1. The molecule has 0 aliphatic heterocycles. The van der Waals surface area contributed by atoms with Gasteiger partial charge in [0.2, 0.25) is 5.82 Å². The molecule has 1 amide bonds. The summed E-state index contributed by atoms with van der Waals surface area (Å²) in [6.07, 6.45) is 3.58. The van der Waals surface area contributed by atoms with Gasteiger partial charge in [0, 0.05) is 18.5 Å². The fourth-order valence-corrected chi connectivity index (χ4v) is 2.58. The SMILES string of the molecule is CCCCNC(=O)c1c([N+](=O)[O-])c(NCCCC)nc2ccccc12. The average molecular weight is 344 g/mol. The van der Waals surface area contributed by atoms with Gasteiger partial charge in [-0.3, -0.25) is 14.9 Å². The normalized spacial score (nSPS) is 10.6. The number of para-hydroxylation sites is 1. The molecule has 0 atom stereocenters. The largest absolute Gasteiger partial charge is 0.364 e. The Morgan fingerprint density at radius 3 is 2.52 bits per heavy atom. The second-order valence-electron chi connectivity index (χ2n) is 5.85. The second kappa shape index (κ2) is 8.96. The molecule has 0 fully saturated rings. The summed E-state index contributed by atoms with van der Waals surface area (Å²) >= 11 is 0. The van der Waals surface area contributed by atoms with Crippen LogP contribution in [0.5, 0.6) is 0 Å². The number of hydrogen-bond donors (Lipinski definition) is 2. The Balaban J connectivity index is 2.55. The van der Waals surface area contributed by atoms with Gasteiger partial charge in [-0.15, -0.1) is 0 Å². The molecule has 7 nitrogen and oxygen atoms in total. The molecule has 0 aliphatic rings. The maximum atomic E-state index is 12.7. The summed E-state index contributed by atoms with van der Waals surface area (Å²) in [6.45, 7) is 5.12. The number of aromatic nitrogens is 1. The van der Waals surface area contributed by atoms with Crippen LogP contribution in [0.15, 0.2) is 24.3 Å². The number of rotatable bonds is 9. The number of nitro groups is 1. The van der Waals surface area contributed by atoms with Crippen LogP contribution in [-0.4, -0.2) is 28.9 Å². The number of nitrogens with zero attached hydrogens (tertiary/aromatic N) is 2. The molecule has 0 spiro atoms. The first kappa shape index (κ1) is 18.6. The topological polar surface area (TPSA) is 97.2 Å². The van der Waals surface area contributed by atoms with Crippen LogP contribution in [0.4, 0.5) is 11.5 Å². The van der Waals surface area contributed by atoms with Crippen molar-refractivity contribution in [1.29, 1.82) is 0 Å². The van der Waals surface area contributed by atoms with Crippen molar-refractivity contribution in [3.05, 3.63) is 39.9 Å². The molecule has 0 saturated carbocycles. The van der Waals surface area contributed by atoms with Crippen molar-refractivity contribution in [2.24, 2.45) is 0 Å². The van der Waals surface area contributed by atoms with Crippen LogP contribution in [0.1, 0.15) is 49.9 Å². The lowest BCUT2D eigenvalue weighted by Crippen LogP contribution is -2.26. The standard InChI is InChI=1S/C18H24N4O3/c1-3-5-11-19-17-16(22(24)25)15(18(23)20-12-6-4-2)13-9-7-8-10-14(13)21-17/h7-10H,3-6,11-12H2,1-2H3,(H,19,21)(H,20,23). The molecule has 0 bridgehead atoms. The van der Waals surface area contributed by atoms with E-state index in [4.69, 9.17) is 0 Å². The number of nitrogens with one attached hydrogen (secondary N) is 2. The third-order valence-corrected chi connectivity index (χ3v) is 3.92. The molecule has 0 aliphatic carbocycles. The lowest BCUT2D eigenvalue weighted by Gasteiger charge is -2.12. The van der Waals surface area contributed by atoms with E-state index in [1.807, 2.05) is 13.8 Å². The molecule has 2 N–H and O–H groups in total. The van der Waals surface area contributed by atoms with Gasteiger partial charge in [-0.25, -0.2) is 4.98 Å². The Morgan fingerprint density at radius 2 is 1.84 bits per heavy atom. The summed E-state index contributed by atoms with van der Waals surface area (Å²) < 4.78 is 0. The van der Waals surface area contributed by atoms with Gasteiger partial charge in [0.25, 0.3) is 5.91 Å². The molecule has 1 heterocycles. The minimum absolute atomic E-state index is 0.0747. The van der Waals surface area contributed by atoms with Gasteiger partial charge >= 0.3 is 5.69 Å². The quantitative estimate of drug-likeness (QED) is 0.409. The molecular weight excluding hydrogens is 320 g/mol. The molecular formula is C18H24N4O3. The van der Waals surface area contributed by atoms with E-state index in [9.17, 15) is 14.9 Å². The highest BCUT2D eigenvalue weighted by atomic mass is 16.6. The molecule has 1 aromatic carbocycles. The smallest absolute Gasteiger partial charge is 0.324 e. The van der Waals surface area contributed by atoms with Gasteiger partial charge < -0.3 is 10.6 Å². The third kappa shape index (κ3) is 4.43. The van der Waals surface area contributed by atoms with Crippen molar-refractivity contribution >= 4 is 28.3 Å². The summed E-state index contributed by atoms with van der Waals surface area (Å²) in [4.78, 5) is 28.2. The van der Waals surface area contributed by atoms with Crippen LogP contribution < -0.4 is 10.6 Å². The van der Waals surface area contributed by atoms with Gasteiger partial charge in [-0.05, 0) is 18.9 Å². The van der Waals surface area contributed by atoms with E-state index in [-0.39, 0.29) is 17.1 Å². The maximum Gasteiger partial charge on any atom is 0.324 e. The van der Waals surface area contributed by atoms with Crippen LogP contribution in [0, 0.1) is 10.1 Å². The van der Waals surface area contributed by atoms with E-state index in [0.717, 1.165) is 25.7 Å². The minimum atomic E-state index is -0.525. The molecule has 25 heavy (non-hydrogen) atoms. The zero-order chi connectivity index (χ0) is 18.2. The molecule has 2 rings (SSSR count). The first-order chi connectivity index (χ1) is 12.1. The fourth-order valence-electron chi connectivity index (χ4n) is 2.58. The fraction of sp³-hybridized carbons (Fsp3) is 0.444. The van der Waals surface area contributed by atoms with Gasteiger partial charge in [0.05, 0.1) is 10.4 Å². The van der Waals surface area contributed by atoms with Crippen LogP contribution in [0.25, 0.3) is 10.9 Å². The van der Waals surface area contributed by atoms with E-state index in [0.29, 0.717) is 24.0 Å². The zero-order valence-electron chi connectivity index (χ0n) is 14.7. The first-order valence-corrected chi connectivity index (χ1v) is 8.69. The van der Waals surface area contributed by atoms with E-state index >= 15 is 0 Å². The molecule has 0 saturated heterocycles. The predicted molar refractivity (Wildman–Crippen MR) is 99.0 cm³/mol. The number of carbonyl (C=O) groups excluding carboxylic acids is 1. The highest BCUT2D eigenvalue weighted by molar-refractivity contribution is 6.11. The molecule has 7 heteroatoms. The third-order valence-electron chi connectivity index (χ3n) is 3.92. The number of pyridine rings is 1. The Bertz CT molecular complexity index is 761. The van der Waals surface area contributed by atoms with Crippen molar-refractivity contribution in [1.82, 2.24) is 10.3 Å². The molecule has 1 aromatic heterocycles. The van der Waals surface area contributed by atoms with E-state index in [1.165, 1.54) is 0 Å². The van der Waals surface area contributed by atoms with Crippen LogP contribution >= 0.6 is 0 Å². The summed E-state index contributed by atoms with van der Waals surface area (Å²) in [5.41, 5.74) is 0.377. The van der Waals surface area contributed by atoms with Crippen molar-refractivity contribution in [2.45, 2.75) is 39.5 Å². The molecule has 134 valence electrons. The van der Waals surface area contributed by atoms with Crippen LogP contribution in [0.2, 0.25) is 0 Å². The van der Waals surface area contributed by atoms with Crippen molar-refractivity contribution in [2.75, 3.05) is 18.4 Å². The van der Waals surface area contributed by atoms with Crippen LogP contribution in [-0.2, 0) is 0 Å². The number of fused-ring (bicyclic) bond motifs is 1. The summed E-state index contributed by atoms with van der Waals surface area (Å²) in [5, 5.41) is 18.0. The summed E-state index contributed by atoms with van der Waals surface area (Å²) in [5.74, 6) is -0.282. The summed E-state index contributed by atoms with van der Waals surface area (Å²) in [6, 6.07) is 7.00. The van der Waals surface area contributed by atoms with Gasteiger partial charge in [-0.2, -0.15) is 0 Å². The van der Waals surface area contributed by atoms with E-state index in [2.05, 4.69) is 15.6 Å². The highest BCUT2D eigenvalue weighted by Crippen LogP contribution is 2.33. The Labute approximate surface area is 147 Å². The highest BCUT2D eigenvalue weighted by Gasteiger charge is 2.29.